The summed E-state index contributed by atoms with van der Waals surface area (Å²) in [7, 11) is 0. The van der Waals surface area contributed by atoms with Gasteiger partial charge in [0, 0.05) is 18.3 Å². The highest BCUT2D eigenvalue weighted by Crippen LogP contribution is 2.58. The van der Waals surface area contributed by atoms with Gasteiger partial charge in [0.1, 0.15) is 11.7 Å². The van der Waals surface area contributed by atoms with Crippen molar-refractivity contribution in [3.8, 4) is 0 Å². The molecule has 3 fully saturated rings. The van der Waals surface area contributed by atoms with E-state index in [-0.39, 0.29) is 41.7 Å². The molecule has 0 aromatic rings. The van der Waals surface area contributed by atoms with Gasteiger partial charge in [0.05, 0.1) is 17.9 Å². The van der Waals surface area contributed by atoms with Crippen LogP contribution >= 0.6 is 0 Å². The minimum absolute atomic E-state index is 0.0332. The summed E-state index contributed by atoms with van der Waals surface area (Å²) in [6.45, 7) is 6.45. The molecule has 30 heavy (non-hydrogen) atoms. The van der Waals surface area contributed by atoms with Crippen LogP contribution in [0.25, 0.3) is 0 Å². The van der Waals surface area contributed by atoms with Gasteiger partial charge in [-0.1, -0.05) is 32.1 Å². The summed E-state index contributed by atoms with van der Waals surface area (Å²) in [6.07, 6.45) is 11.4. The molecule has 1 aliphatic heterocycles. The third-order valence-electron chi connectivity index (χ3n) is 8.38. The Morgan fingerprint density at radius 1 is 1.30 bits per heavy atom. The van der Waals surface area contributed by atoms with E-state index in [4.69, 9.17) is 9.47 Å². The molecule has 5 aliphatic rings. The molecule has 0 aromatic heterocycles. The molecule has 5 rings (SSSR count). The highest BCUT2D eigenvalue weighted by Gasteiger charge is 2.61. The SMILES string of the molecule is C[C@H]1C=C2C=C[C@H](C)[C@H](CC3CC34C[C@@H](O)CC(=O)O4)[C@H]2[C@@H](OC(=O)C2(C)CC2)C1. The van der Waals surface area contributed by atoms with Gasteiger partial charge in [-0.05, 0) is 62.4 Å². The first-order chi connectivity index (χ1) is 14.2. The quantitative estimate of drug-likeness (QED) is 0.705. The summed E-state index contributed by atoms with van der Waals surface area (Å²) in [5.74, 6) is 1.29. The summed E-state index contributed by atoms with van der Waals surface area (Å²) in [4.78, 5) is 24.7. The average molecular weight is 415 g/mol. The Labute approximate surface area is 178 Å². The fraction of sp³-hybridized carbons (Fsp3) is 0.760. The lowest BCUT2D eigenvalue weighted by atomic mass is 9.65. The normalized spacial score (nSPS) is 45.9. The Morgan fingerprint density at radius 3 is 2.77 bits per heavy atom. The molecule has 0 aromatic carbocycles. The van der Waals surface area contributed by atoms with Crippen LogP contribution in [0.15, 0.2) is 23.8 Å². The Morgan fingerprint density at radius 2 is 2.07 bits per heavy atom. The molecule has 2 saturated carbocycles. The van der Waals surface area contributed by atoms with Gasteiger partial charge in [-0.3, -0.25) is 9.59 Å². The van der Waals surface area contributed by atoms with E-state index in [1.807, 2.05) is 6.92 Å². The average Bonchev–Trinajstić information content (AvgIpc) is 3.55. The highest BCUT2D eigenvalue weighted by atomic mass is 16.6. The van der Waals surface area contributed by atoms with Crippen molar-refractivity contribution >= 4 is 11.9 Å². The molecule has 164 valence electrons. The number of aliphatic hydroxyl groups excluding tert-OH is 1. The van der Waals surface area contributed by atoms with Crippen molar-refractivity contribution in [1.82, 2.24) is 0 Å². The standard InChI is InChI=1S/C25H34O5/c1-14-8-16-5-4-15(2)19(10-17-12-25(17)13-18(26)11-21(27)30-25)22(16)20(9-14)29-23(28)24(3)6-7-24/h4-5,8,14-15,17-20,22,26H,6-7,9-13H2,1-3H3/t14-,15-,17?,18-,19-,20-,22-,25?/m0/s1. The molecule has 1 saturated heterocycles. The topological polar surface area (TPSA) is 72.8 Å². The van der Waals surface area contributed by atoms with Crippen LogP contribution < -0.4 is 0 Å². The number of rotatable bonds is 4. The second kappa shape index (κ2) is 6.94. The van der Waals surface area contributed by atoms with Crippen LogP contribution in [0.5, 0.6) is 0 Å². The highest BCUT2D eigenvalue weighted by molar-refractivity contribution is 5.79. The fourth-order valence-electron chi connectivity index (χ4n) is 6.14. The van der Waals surface area contributed by atoms with Crippen LogP contribution in [0.4, 0.5) is 0 Å². The van der Waals surface area contributed by atoms with E-state index in [0.717, 1.165) is 32.1 Å². The first-order valence-electron chi connectivity index (χ1n) is 11.7. The maximum absolute atomic E-state index is 12.8. The second-order valence-electron chi connectivity index (χ2n) is 11.0. The van der Waals surface area contributed by atoms with Gasteiger partial charge in [-0.25, -0.2) is 0 Å². The molecule has 5 nitrogen and oxygen atoms in total. The zero-order chi connectivity index (χ0) is 21.3. The molecule has 1 spiro atoms. The molecule has 5 heteroatoms. The van der Waals surface area contributed by atoms with Crippen LogP contribution in [0, 0.1) is 35.0 Å². The molecule has 1 heterocycles. The number of aliphatic hydroxyl groups is 1. The van der Waals surface area contributed by atoms with Crippen molar-refractivity contribution in [2.75, 3.05) is 0 Å². The molecule has 1 N–H and O–H groups in total. The van der Waals surface area contributed by atoms with Crippen molar-refractivity contribution in [3.05, 3.63) is 23.8 Å². The van der Waals surface area contributed by atoms with Crippen LogP contribution in [0.3, 0.4) is 0 Å². The number of carbonyl (C=O) groups excluding carboxylic acids is 2. The molecule has 2 unspecified atom stereocenters. The first kappa shape index (κ1) is 20.3. The lowest BCUT2D eigenvalue weighted by Gasteiger charge is -2.43. The Bertz CT molecular complexity index is 808. The summed E-state index contributed by atoms with van der Waals surface area (Å²) in [6, 6.07) is 0. The van der Waals surface area contributed by atoms with Crippen LogP contribution in [0.1, 0.15) is 65.7 Å². The predicted octanol–water partition coefficient (Wildman–Crippen LogP) is 3.95. The van der Waals surface area contributed by atoms with Crippen LogP contribution in [-0.4, -0.2) is 34.9 Å². The Hall–Kier alpha value is -1.62. The summed E-state index contributed by atoms with van der Waals surface area (Å²) in [5.41, 5.74) is 0.559. The third kappa shape index (κ3) is 3.53. The van der Waals surface area contributed by atoms with Crippen LogP contribution in [0.2, 0.25) is 0 Å². The summed E-state index contributed by atoms with van der Waals surface area (Å²) in [5, 5.41) is 10.1. The Balaban J connectivity index is 1.36. The second-order valence-corrected chi connectivity index (χ2v) is 11.0. The van der Waals surface area contributed by atoms with Gasteiger partial charge in [0.25, 0.3) is 0 Å². The first-order valence-corrected chi connectivity index (χ1v) is 11.7. The van der Waals surface area contributed by atoms with Crippen molar-refractivity contribution in [3.63, 3.8) is 0 Å². The number of hydrogen-bond donors (Lipinski definition) is 1. The number of carbonyl (C=O) groups is 2. The number of fused-ring (bicyclic) bond motifs is 1. The minimum atomic E-state index is -0.584. The molecule has 0 amide bonds. The Kier molecular flexibility index (Phi) is 4.70. The predicted molar refractivity (Wildman–Crippen MR) is 111 cm³/mol. The molecular formula is C25H34O5. The van der Waals surface area contributed by atoms with Crippen LogP contribution in [-0.2, 0) is 19.1 Å². The van der Waals surface area contributed by atoms with Crippen molar-refractivity contribution in [2.45, 2.75) is 83.5 Å². The number of allylic oxidation sites excluding steroid dienone is 3. The van der Waals surface area contributed by atoms with Gasteiger partial charge in [-0.2, -0.15) is 0 Å². The van der Waals surface area contributed by atoms with Crippen molar-refractivity contribution in [1.29, 1.82) is 0 Å². The van der Waals surface area contributed by atoms with Gasteiger partial charge in [0.2, 0.25) is 0 Å². The van der Waals surface area contributed by atoms with E-state index in [0.29, 0.717) is 24.2 Å². The number of esters is 2. The van der Waals surface area contributed by atoms with E-state index in [9.17, 15) is 14.7 Å². The molecule has 0 radical (unpaired) electrons. The minimum Gasteiger partial charge on any atom is -0.461 e. The molecule has 8 atom stereocenters. The lowest BCUT2D eigenvalue weighted by molar-refractivity contribution is -0.166. The van der Waals surface area contributed by atoms with E-state index in [1.54, 1.807) is 0 Å². The van der Waals surface area contributed by atoms with Gasteiger partial charge in [-0.15, -0.1) is 0 Å². The summed E-state index contributed by atoms with van der Waals surface area (Å²) < 4.78 is 11.9. The van der Waals surface area contributed by atoms with E-state index in [1.165, 1.54) is 5.57 Å². The monoisotopic (exact) mass is 414 g/mol. The fourth-order valence-corrected chi connectivity index (χ4v) is 6.14. The van der Waals surface area contributed by atoms with Crippen molar-refractivity contribution in [2.24, 2.45) is 35.0 Å². The van der Waals surface area contributed by atoms with Gasteiger partial charge >= 0.3 is 11.9 Å². The smallest absolute Gasteiger partial charge is 0.312 e. The number of hydrogen-bond acceptors (Lipinski definition) is 5. The van der Waals surface area contributed by atoms with E-state index in [2.05, 4.69) is 32.1 Å². The third-order valence-corrected chi connectivity index (χ3v) is 8.38. The van der Waals surface area contributed by atoms with Crippen molar-refractivity contribution < 1.29 is 24.2 Å². The van der Waals surface area contributed by atoms with Gasteiger partial charge < -0.3 is 14.6 Å². The zero-order valence-corrected chi connectivity index (χ0v) is 18.3. The van der Waals surface area contributed by atoms with E-state index >= 15 is 0 Å². The number of ether oxygens (including phenoxy) is 2. The largest absolute Gasteiger partial charge is 0.461 e. The molecule has 4 aliphatic carbocycles. The maximum Gasteiger partial charge on any atom is 0.312 e. The lowest BCUT2D eigenvalue weighted by Crippen LogP contribution is -2.42. The molecular weight excluding hydrogens is 380 g/mol. The zero-order valence-electron chi connectivity index (χ0n) is 18.3. The van der Waals surface area contributed by atoms with E-state index < -0.39 is 11.7 Å². The maximum atomic E-state index is 12.8. The summed E-state index contributed by atoms with van der Waals surface area (Å²) >= 11 is 0. The van der Waals surface area contributed by atoms with Gasteiger partial charge in [0.15, 0.2) is 0 Å². The molecule has 0 bridgehead atoms.